The van der Waals surface area contributed by atoms with Crippen molar-refractivity contribution in [2.75, 3.05) is 6.61 Å². The van der Waals surface area contributed by atoms with Gasteiger partial charge in [-0.15, -0.1) is 0 Å². The average Bonchev–Trinajstić information content (AvgIpc) is 3.41. The molecule has 6 aliphatic rings. The summed E-state index contributed by atoms with van der Waals surface area (Å²) in [6.45, 7) is 6.89. The fourth-order valence-electron chi connectivity index (χ4n) is 9.85. The fraction of sp³-hybridized carbons (Fsp3) is 0.897. The second-order valence-electron chi connectivity index (χ2n) is 13.6. The Balaban J connectivity index is 1.16. The van der Waals surface area contributed by atoms with Crippen LogP contribution in [-0.2, 0) is 19.0 Å². The topological polar surface area (TPSA) is 131 Å². The number of hydrogen-bond acceptors (Lipinski definition) is 8. The number of aliphatic hydroxyl groups excluding tert-OH is 2. The third-order valence-corrected chi connectivity index (χ3v) is 12.2. The molecule has 4 aliphatic carbocycles. The van der Waals surface area contributed by atoms with E-state index in [1.807, 2.05) is 0 Å². The first kappa shape index (κ1) is 26.2. The lowest BCUT2D eigenvalue weighted by Crippen LogP contribution is -2.63. The Morgan fingerprint density at radius 1 is 1.03 bits per heavy atom. The van der Waals surface area contributed by atoms with E-state index in [1.54, 1.807) is 13.0 Å². The largest absolute Gasteiger partial charge is 0.458 e. The highest BCUT2D eigenvalue weighted by atomic mass is 16.7. The number of fused-ring (bicyclic) bond motifs is 5. The van der Waals surface area contributed by atoms with Gasteiger partial charge in [0.2, 0.25) is 0 Å². The van der Waals surface area contributed by atoms with Gasteiger partial charge in [-0.25, -0.2) is 4.79 Å². The van der Waals surface area contributed by atoms with E-state index in [4.69, 9.17) is 19.9 Å². The summed E-state index contributed by atoms with van der Waals surface area (Å²) in [5.41, 5.74) is 6.24. The van der Waals surface area contributed by atoms with Crippen LogP contribution in [0.15, 0.2) is 11.6 Å². The molecule has 8 nitrogen and oxygen atoms in total. The van der Waals surface area contributed by atoms with E-state index < -0.39 is 30.1 Å². The predicted octanol–water partition coefficient (Wildman–Crippen LogP) is 2.42. The molecule has 0 radical (unpaired) electrons. The molecule has 4 saturated carbocycles. The molecule has 6 rings (SSSR count). The van der Waals surface area contributed by atoms with Gasteiger partial charge in [0.15, 0.2) is 6.29 Å². The molecule has 13 atom stereocenters. The van der Waals surface area contributed by atoms with Crippen LogP contribution < -0.4 is 5.73 Å². The second-order valence-corrected chi connectivity index (χ2v) is 13.6. The normalized spacial score (nSPS) is 55.6. The number of aliphatic hydroxyl groups is 3. The minimum atomic E-state index is -1.15. The number of ether oxygens (including phenoxy) is 3. The molecule has 2 heterocycles. The van der Waals surface area contributed by atoms with Crippen LogP contribution >= 0.6 is 0 Å². The van der Waals surface area contributed by atoms with Gasteiger partial charge in [-0.05, 0) is 99.4 Å². The first-order chi connectivity index (χ1) is 17.5. The van der Waals surface area contributed by atoms with Crippen molar-refractivity contribution in [3.05, 3.63) is 11.6 Å². The monoisotopic (exact) mass is 519 g/mol. The number of rotatable bonds is 3. The van der Waals surface area contributed by atoms with Crippen molar-refractivity contribution in [2.45, 2.75) is 121 Å². The standard InChI is InChI=1S/C29H45NO7/c1-15-23(30)24(32)25(33)26(36-15)37-18-6-9-27(2)17(13-18)4-5-21-20(27)7-10-28(3)19(8-11-29(21,28)34)16-12-22(31)35-14-16/h12,15,17-21,23-26,32-34H,4-11,13-14,30H2,1-3H3/t15?,17-,18-,19+,20?,21?,23?,24-,25-,26?,27?,28?,29-/m0/s1. The Morgan fingerprint density at radius 2 is 1.81 bits per heavy atom. The van der Waals surface area contributed by atoms with Crippen molar-refractivity contribution in [3.8, 4) is 0 Å². The number of cyclic esters (lactones) is 1. The van der Waals surface area contributed by atoms with Crippen LogP contribution in [0.4, 0.5) is 0 Å². The molecule has 208 valence electrons. The van der Waals surface area contributed by atoms with E-state index in [1.165, 1.54) is 0 Å². The second kappa shape index (κ2) is 9.00. The predicted molar refractivity (Wildman–Crippen MR) is 135 cm³/mol. The maximum absolute atomic E-state index is 12.4. The van der Waals surface area contributed by atoms with Gasteiger partial charge in [0.25, 0.3) is 0 Å². The minimum Gasteiger partial charge on any atom is -0.458 e. The maximum Gasteiger partial charge on any atom is 0.331 e. The van der Waals surface area contributed by atoms with E-state index in [0.717, 1.165) is 63.4 Å². The van der Waals surface area contributed by atoms with E-state index in [-0.39, 0.29) is 40.8 Å². The minimum absolute atomic E-state index is 0.0253. The molecule has 1 saturated heterocycles. The summed E-state index contributed by atoms with van der Waals surface area (Å²) in [4.78, 5) is 11.8. The van der Waals surface area contributed by atoms with Gasteiger partial charge in [0.05, 0.1) is 23.9 Å². The molecule has 0 aromatic rings. The fourth-order valence-corrected chi connectivity index (χ4v) is 9.85. The SMILES string of the molecule is CC1OC(O[C@H]2CCC3(C)C4CCC5(C)[C@@H](C6=CC(=O)OC6)CC[C@]5(O)C4CC[C@H]3C2)[C@@H](O)[C@@H](O)C1N. The van der Waals surface area contributed by atoms with Crippen LogP contribution in [-0.4, -0.2) is 70.2 Å². The highest BCUT2D eigenvalue weighted by molar-refractivity contribution is 5.85. The summed E-state index contributed by atoms with van der Waals surface area (Å²) in [5.74, 6) is 1.21. The van der Waals surface area contributed by atoms with E-state index in [0.29, 0.717) is 18.4 Å². The lowest BCUT2D eigenvalue weighted by Gasteiger charge is -2.64. The van der Waals surface area contributed by atoms with Gasteiger partial charge in [-0.2, -0.15) is 0 Å². The Hall–Kier alpha value is -1.03. The number of nitrogens with two attached hydrogens (primary N) is 1. The summed E-state index contributed by atoms with van der Waals surface area (Å²) in [5, 5.41) is 33.2. The molecule has 7 unspecified atom stereocenters. The smallest absolute Gasteiger partial charge is 0.331 e. The molecule has 0 spiro atoms. The molecule has 0 bridgehead atoms. The summed E-state index contributed by atoms with van der Waals surface area (Å²) in [6.07, 6.45) is 6.88. The molecule has 0 aromatic heterocycles. The molecule has 2 aliphatic heterocycles. The van der Waals surface area contributed by atoms with Gasteiger partial charge >= 0.3 is 5.97 Å². The van der Waals surface area contributed by atoms with Crippen LogP contribution in [0.5, 0.6) is 0 Å². The first-order valence-corrected chi connectivity index (χ1v) is 14.5. The van der Waals surface area contributed by atoms with Gasteiger partial charge in [0.1, 0.15) is 18.8 Å². The summed E-state index contributed by atoms with van der Waals surface area (Å²) < 4.78 is 17.3. The zero-order chi connectivity index (χ0) is 26.3. The van der Waals surface area contributed by atoms with Crippen molar-refractivity contribution in [2.24, 2.45) is 40.2 Å². The quantitative estimate of drug-likeness (QED) is 0.330. The Bertz CT molecular complexity index is 957. The maximum atomic E-state index is 12.4. The summed E-state index contributed by atoms with van der Waals surface area (Å²) >= 11 is 0. The molecule has 0 aromatic carbocycles. The third-order valence-electron chi connectivity index (χ3n) is 12.2. The molecule has 8 heteroatoms. The van der Waals surface area contributed by atoms with Crippen LogP contribution in [0.2, 0.25) is 0 Å². The first-order valence-electron chi connectivity index (χ1n) is 14.5. The van der Waals surface area contributed by atoms with Crippen LogP contribution in [0, 0.1) is 34.5 Å². The molecule has 5 fully saturated rings. The highest BCUT2D eigenvalue weighted by Gasteiger charge is 2.67. The number of carbonyl (C=O) groups is 1. The van der Waals surface area contributed by atoms with Crippen LogP contribution in [0.25, 0.3) is 0 Å². The van der Waals surface area contributed by atoms with Crippen molar-refractivity contribution in [1.82, 2.24) is 0 Å². The van der Waals surface area contributed by atoms with Crippen molar-refractivity contribution < 1.29 is 34.3 Å². The van der Waals surface area contributed by atoms with Crippen LogP contribution in [0.1, 0.15) is 78.6 Å². The lowest BCUT2D eigenvalue weighted by atomic mass is 9.43. The number of carbonyl (C=O) groups excluding carboxylic acids is 1. The summed E-state index contributed by atoms with van der Waals surface area (Å²) in [6, 6.07) is -0.629. The van der Waals surface area contributed by atoms with Crippen LogP contribution in [0.3, 0.4) is 0 Å². The van der Waals surface area contributed by atoms with Gasteiger partial charge in [-0.3, -0.25) is 0 Å². The van der Waals surface area contributed by atoms with E-state index in [9.17, 15) is 20.1 Å². The number of hydrogen-bond donors (Lipinski definition) is 4. The third kappa shape index (κ3) is 3.80. The van der Waals surface area contributed by atoms with Gasteiger partial charge < -0.3 is 35.3 Å². The molecule has 0 amide bonds. The Morgan fingerprint density at radius 3 is 2.54 bits per heavy atom. The highest BCUT2D eigenvalue weighted by Crippen LogP contribution is 2.70. The molecular formula is C29H45NO7. The van der Waals surface area contributed by atoms with Gasteiger partial charge in [0, 0.05) is 11.5 Å². The van der Waals surface area contributed by atoms with Gasteiger partial charge in [-0.1, -0.05) is 13.8 Å². The van der Waals surface area contributed by atoms with E-state index >= 15 is 0 Å². The molecular weight excluding hydrogens is 474 g/mol. The Labute approximate surface area is 219 Å². The van der Waals surface area contributed by atoms with E-state index in [2.05, 4.69) is 13.8 Å². The average molecular weight is 520 g/mol. The summed E-state index contributed by atoms with van der Waals surface area (Å²) in [7, 11) is 0. The Kier molecular flexibility index (Phi) is 6.37. The lowest BCUT2D eigenvalue weighted by molar-refractivity contribution is -0.291. The van der Waals surface area contributed by atoms with Crippen molar-refractivity contribution in [3.63, 3.8) is 0 Å². The number of esters is 1. The molecule has 37 heavy (non-hydrogen) atoms. The van der Waals surface area contributed by atoms with Crippen molar-refractivity contribution in [1.29, 1.82) is 0 Å². The molecule has 5 N–H and O–H groups in total. The van der Waals surface area contributed by atoms with Crippen molar-refractivity contribution >= 4 is 5.97 Å². The zero-order valence-corrected chi connectivity index (χ0v) is 22.5. The zero-order valence-electron chi connectivity index (χ0n) is 22.5.